The Bertz CT molecular complexity index is 904. The highest BCUT2D eigenvalue weighted by Crippen LogP contribution is 2.36. The van der Waals surface area contributed by atoms with Crippen molar-refractivity contribution >= 4 is 22.3 Å². The molecule has 2 aliphatic heterocycles. The zero-order chi connectivity index (χ0) is 19.7. The molecule has 0 bridgehead atoms. The molecule has 0 amide bonds. The molecule has 0 aliphatic carbocycles. The second-order valence-corrected chi connectivity index (χ2v) is 7.36. The van der Waals surface area contributed by atoms with Gasteiger partial charge < -0.3 is 28.8 Å². The van der Waals surface area contributed by atoms with E-state index in [2.05, 4.69) is 4.90 Å². The summed E-state index contributed by atoms with van der Waals surface area (Å²) in [5.74, 6) is 0.280. The molecule has 1 N–H and O–H groups in total. The molecule has 0 spiro atoms. The lowest BCUT2D eigenvalue weighted by Gasteiger charge is -2.29. The molecule has 7 nitrogen and oxygen atoms in total. The monoisotopic (exact) mass is 388 g/mol. The number of aliphatic hydroxyl groups is 1. The number of hydrogen-bond acceptors (Lipinski definition) is 7. The van der Waals surface area contributed by atoms with Gasteiger partial charge in [-0.25, -0.2) is 0 Å². The Kier molecular flexibility index (Phi) is 5.46. The van der Waals surface area contributed by atoms with Crippen LogP contribution >= 0.6 is 0 Å². The van der Waals surface area contributed by atoms with Gasteiger partial charge in [-0.1, -0.05) is 0 Å². The number of hydrogen-bond donors (Lipinski definition) is 1. The average molecular weight is 388 g/mol. The van der Waals surface area contributed by atoms with Crippen molar-refractivity contribution in [1.82, 2.24) is 0 Å². The van der Waals surface area contributed by atoms with Gasteiger partial charge in [-0.2, -0.15) is 0 Å². The van der Waals surface area contributed by atoms with Crippen LogP contribution in [-0.2, 0) is 4.74 Å². The largest absolute Gasteiger partial charge is 0.464 e. The van der Waals surface area contributed by atoms with Crippen LogP contribution in [0.15, 0.2) is 21.3 Å². The van der Waals surface area contributed by atoms with Crippen LogP contribution in [0.3, 0.4) is 0 Å². The first-order valence-electron chi connectivity index (χ1n) is 10.1. The topological polar surface area (TPSA) is 75.4 Å². The first kappa shape index (κ1) is 19.1. The third kappa shape index (κ3) is 3.22. The maximum atomic E-state index is 13.4. The third-order valence-electron chi connectivity index (χ3n) is 5.73. The SMILES string of the molecule is CCOc1oc2c(C)c(N3CCCC3CO)ccc2c(=O)c1N1CCOCC1. The summed E-state index contributed by atoms with van der Waals surface area (Å²) in [6.45, 7) is 7.73. The van der Waals surface area contributed by atoms with Crippen molar-refractivity contribution in [2.24, 2.45) is 0 Å². The van der Waals surface area contributed by atoms with Crippen molar-refractivity contribution in [3.05, 3.63) is 27.9 Å². The molecule has 1 aromatic carbocycles. The maximum Gasteiger partial charge on any atom is 0.313 e. The van der Waals surface area contributed by atoms with E-state index >= 15 is 0 Å². The van der Waals surface area contributed by atoms with E-state index in [0.717, 1.165) is 30.6 Å². The van der Waals surface area contributed by atoms with Crippen molar-refractivity contribution in [1.29, 1.82) is 0 Å². The van der Waals surface area contributed by atoms with Crippen LogP contribution in [-0.4, -0.2) is 57.2 Å². The number of ether oxygens (including phenoxy) is 2. The van der Waals surface area contributed by atoms with E-state index in [9.17, 15) is 9.90 Å². The Morgan fingerprint density at radius 3 is 2.75 bits per heavy atom. The van der Waals surface area contributed by atoms with Crippen LogP contribution in [0.2, 0.25) is 0 Å². The van der Waals surface area contributed by atoms with Crippen LogP contribution in [0.4, 0.5) is 11.4 Å². The van der Waals surface area contributed by atoms with Crippen LogP contribution in [0.25, 0.3) is 11.0 Å². The first-order chi connectivity index (χ1) is 13.7. The second-order valence-electron chi connectivity index (χ2n) is 7.36. The van der Waals surface area contributed by atoms with E-state index < -0.39 is 0 Å². The van der Waals surface area contributed by atoms with Crippen LogP contribution in [0.5, 0.6) is 5.95 Å². The fraction of sp³-hybridized carbons (Fsp3) is 0.571. The van der Waals surface area contributed by atoms with E-state index in [1.165, 1.54) is 0 Å². The number of nitrogens with zero attached hydrogens (tertiary/aromatic N) is 2. The summed E-state index contributed by atoms with van der Waals surface area (Å²) >= 11 is 0. The van der Waals surface area contributed by atoms with Gasteiger partial charge >= 0.3 is 5.95 Å². The van der Waals surface area contributed by atoms with E-state index in [1.807, 2.05) is 30.9 Å². The summed E-state index contributed by atoms with van der Waals surface area (Å²) in [6.07, 6.45) is 2.02. The molecule has 2 aromatic rings. The number of benzene rings is 1. The summed E-state index contributed by atoms with van der Waals surface area (Å²) in [4.78, 5) is 17.6. The van der Waals surface area contributed by atoms with E-state index in [4.69, 9.17) is 13.9 Å². The lowest BCUT2D eigenvalue weighted by Crippen LogP contribution is -2.39. The van der Waals surface area contributed by atoms with E-state index in [-0.39, 0.29) is 24.0 Å². The molecule has 1 aromatic heterocycles. The van der Waals surface area contributed by atoms with Crippen molar-refractivity contribution in [3.63, 3.8) is 0 Å². The first-order valence-corrected chi connectivity index (χ1v) is 10.1. The molecule has 2 saturated heterocycles. The molecule has 0 saturated carbocycles. The van der Waals surface area contributed by atoms with Gasteiger partial charge in [0, 0.05) is 30.9 Å². The minimum absolute atomic E-state index is 0.0682. The van der Waals surface area contributed by atoms with Gasteiger partial charge in [0.05, 0.1) is 37.9 Å². The summed E-state index contributed by atoms with van der Waals surface area (Å²) in [5, 5.41) is 10.3. The smallest absolute Gasteiger partial charge is 0.313 e. The van der Waals surface area contributed by atoms with Crippen molar-refractivity contribution in [2.75, 3.05) is 55.9 Å². The summed E-state index contributed by atoms with van der Waals surface area (Å²) in [6, 6.07) is 3.93. The van der Waals surface area contributed by atoms with Crippen molar-refractivity contribution in [2.45, 2.75) is 32.7 Å². The van der Waals surface area contributed by atoms with Crippen molar-refractivity contribution in [3.8, 4) is 5.95 Å². The molecule has 28 heavy (non-hydrogen) atoms. The number of anilines is 2. The third-order valence-corrected chi connectivity index (χ3v) is 5.73. The van der Waals surface area contributed by atoms with Crippen LogP contribution < -0.4 is 20.0 Å². The molecule has 2 fully saturated rings. The Morgan fingerprint density at radius 2 is 2.04 bits per heavy atom. The van der Waals surface area contributed by atoms with Gasteiger partial charge in [0.1, 0.15) is 5.58 Å². The number of aliphatic hydroxyl groups excluding tert-OH is 1. The van der Waals surface area contributed by atoms with Crippen LogP contribution in [0.1, 0.15) is 25.3 Å². The minimum Gasteiger partial charge on any atom is -0.464 e. The molecular formula is C21H28N2O5. The van der Waals surface area contributed by atoms with Gasteiger partial charge in [-0.3, -0.25) is 4.79 Å². The lowest BCUT2D eigenvalue weighted by molar-refractivity contribution is 0.122. The standard InChI is InChI=1S/C21H28N2O5/c1-3-27-21-18(22-9-11-26-12-10-22)19(25)16-6-7-17(14(2)20(16)28-21)23-8-4-5-15(23)13-24/h6-7,15,24H,3-5,8-13H2,1-2H3. The molecule has 1 atom stereocenters. The summed E-state index contributed by atoms with van der Waals surface area (Å²) < 4.78 is 17.3. The minimum atomic E-state index is -0.0682. The molecule has 1 unspecified atom stereocenters. The highest BCUT2D eigenvalue weighted by Gasteiger charge is 2.28. The molecule has 3 heterocycles. The van der Waals surface area contributed by atoms with Gasteiger partial charge in [0.25, 0.3) is 0 Å². The Balaban J connectivity index is 1.85. The van der Waals surface area contributed by atoms with E-state index in [1.54, 1.807) is 0 Å². The highest BCUT2D eigenvalue weighted by atomic mass is 16.6. The molecule has 4 rings (SSSR count). The van der Waals surface area contributed by atoms with E-state index in [0.29, 0.717) is 49.6 Å². The van der Waals surface area contributed by atoms with Gasteiger partial charge in [-0.05, 0) is 38.8 Å². The molecule has 2 aliphatic rings. The lowest BCUT2D eigenvalue weighted by atomic mass is 10.1. The Hall–Kier alpha value is -2.25. The Morgan fingerprint density at radius 1 is 1.25 bits per heavy atom. The van der Waals surface area contributed by atoms with Gasteiger partial charge in [0.2, 0.25) is 5.43 Å². The van der Waals surface area contributed by atoms with Gasteiger partial charge in [0.15, 0.2) is 5.69 Å². The van der Waals surface area contributed by atoms with Gasteiger partial charge in [-0.15, -0.1) is 0 Å². The zero-order valence-corrected chi connectivity index (χ0v) is 16.6. The van der Waals surface area contributed by atoms with Crippen LogP contribution in [0, 0.1) is 6.92 Å². The molecule has 152 valence electrons. The maximum absolute atomic E-state index is 13.4. The predicted octanol–water partition coefficient (Wildman–Crippen LogP) is 2.30. The highest BCUT2D eigenvalue weighted by molar-refractivity contribution is 5.88. The van der Waals surface area contributed by atoms with Crippen molar-refractivity contribution < 1.29 is 19.0 Å². The average Bonchev–Trinajstić information content (AvgIpc) is 3.18. The zero-order valence-electron chi connectivity index (χ0n) is 16.6. The number of rotatable bonds is 5. The molecular weight excluding hydrogens is 360 g/mol. The Labute approximate surface area is 164 Å². The molecule has 0 radical (unpaired) electrons. The second kappa shape index (κ2) is 8.01. The number of fused-ring (bicyclic) bond motifs is 1. The number of aryl methyl sites for hydroxylation is 1. The fourth-order valence-electron chi connectivity index (χ4n) is 4.30. The summed E-state index contributed by atoms with van der Waals surface area (Å²) in [5.41, 5.74) is 2.89. The summed E-state index contributed by atoms with van der Waals surface area (Å²) in [7, 11) is 0. The molecule has 7 heteroatoms. The normalized spacial score (nSPS) is 20.2. The predicted molar refractivity (Wildman–Crippen MR) is 109 cm³/mol. The fourth-order valence-corrected chi connectivity index (χ4v) is 4.30. The number of morpholine rings is 1. The quantitative estimate of drug-likeness (QED) is 0.842.